The lowest BCUT2D eigenvalue weighted by molar-refractivity contribution is -0.139. The van der Waals surface area contributed by atoms with E-state index in [1.807, 2.05) is 26.0 Å². The Morgan fingerprint density at radius 1 is 1.35 bits per heavy atom. The largest absolute Gasteiger partial charge is 0.480 e. The lowest BCUT2D eigenvalue weighted by atomic mass is 10.1. The summed E-state index contributed by atoms with van der Waals surface area (Å²) in [6.07, 6.45) is 4.60. The third kappa shape index (κ3) is 6.74. The highest BCUT2D eigenvalue weighted by Crippen LogP contribution is 2.23. The van der Waals surface area contributed by atoms with Gasteiger partial charge in [-0.2, -0.15) is 0 Å². The summed E-state index contributed by atoms with van der Waals surface area (Å²) in [5.41, 5.74) is 1.72. The van der Waals surface area contributed by atoms with Gasteiger partial charge in [0.1, 0.15) is 6.04 Å². The molecule has 124 valence electrons. The average molecular weight is 333 g/mol. The van der Waals surface area contributed by atoms with Crippen LogP contribution in [-0.2, 0) is 4.79 Å². The normalized spacial score (nSPS) is 11.4. The molecule has 0 radical (unpaired) electrons. The third-order valence-corrected chi connectivity index (χ3v) is 4.13. The fourth-order valence-electron chi connectivity index (χ4n) is 1.86. The number of hydrogen-bond donors (Lipinski definition) is 2. The van der Waals surface area contributed by atoms with Crippen molar-refractivity contribution >= 4 is 23.6 Å². The molecule has 0 aliphatic rings. The lowest BCUT2D eigenvalue weighted by Crippen LogP contribution is -2.40. The van der Waals surface area contributed by atoms with Gasteiger partial charge in [-0.15, -0.1) is 18.3 Å². The van der Waals surface area contributed by atoms with Crippen molar-refractivity contribution in [2.24, 2.45) is 0 Å². The summed E-state index contributed by atoms with van der Waals surface area (Å²) in [6, 6.07) is 6.33. The standard InChI is InChI=1S/C18H23NO3S/c1-4-5-9-15(18(21)22)19-17(20)14-8-6-7-10-16(14)23-12-11-13(2)3/h4,6-8,10-11,15H,1,5,9,12H2,2-3H3,(H,19,20)(H,21,22). The van der Waals surface area contributed by atoms with Gasteiger partial charge in [0.15, 0.2) is 0 Å². The molecule has 1 amide bonds. The van der Waals surface area contributed by atoms with Crippen LogP contribution < -0.4 is 5.32 Å². The number of aliphatic carboxylic acids is 1. The molecule has 0 saturated carbocycles. The minimum Gasteiger partial charge on any atom is -0.480 e. The zero-order valence-corrected chi connectivity index (χ0v) is 14.4. The van der Waals surface area contributed by atoms with Gasteiger partial charge in [0.25, 0.3) is 5.91 Å². The molecular weight excluding hydrogens is 310 g/mol. The van der Waals surface area contributed by atoms with Crippen LogP contribution in [0.25, 0.3) is 0 Å². The molecule has 1 aromatic carbocycles. The van der Waals surface area contributed by atoms with Gasteiger partial charge in [-0.25, -0.2) is 4.79 Å². The Hall–Kier alpha value is -2.01. The second-order valence-corrected chi connectivity index (χ2v) is 6.38. The van der Waals surface area contributed by atoms with Crippen molar-refractivity contribution in [2.75, 3.05) is 5.75 Å². The molecule has 23 heavy (non-hydrogen) atoms. The Labute approximate surface area is 141 Å². The van der Waals surface area contributed by atoms with Crippen molar-refractivity contribution in [3.05, 3.63) is 54.1 Å². The first-order chi connectivity index (χ1) is 11.0. The van der Waals surface area contributed by atoms with Crippen LogP contribution in [0, 0.1) is 0 Å². The summed E-state index contributed by atoms with van der Waals surface area (Å²) < 4.78 is 0. The number of hydrogen-bond acceptors (Lipinski definition) is 3. The highest BCUT2D eigenvalue weighted by molar-refractivity contribution is 7.99. The second kappa shape index (κ2) is 9.90. The number of carboxylic acids is 1. The van der Waals surface area contributed by atoms with E-state index in [2.05, 4.69) is 18.0 Å². The SMILES string of the molecule is C=CCCC(NC(=O)c1ccccc1SCC=C(C)C)C(=O)O. The Morgan fingerprint density at radius 3 is 2.65 bits per heavy atom. The van der Waals surface area contributed by atoms with Crippen molar-refractivity contribution in [3.8, 4) is 0 Å². The lowest BCUT2D eigenvalue weighted by Gasteiger charge is -2.15. The van der Waals surface area contributed by atoms with E-state index in [4.69, 9.17) is 0 Å². The van der Waals surface area contributed by atoms with E-state index in [1.54, 1.807) is 30.0 Å². The van der Waals surface area contributed by atoms with Crippen LogP contribution in [-0.4, -0.2) is 28.8 Å². The molecule has 0 aliphatic carbocycles. The quantitative estimate of drug-likeness (QED) is 0.531. The van der Waals surface area contributed by atoms with Gasteiger partial charge < -0.3 is 10.4 Å². The monoisotopic (exact) mass is 333 g/mol. The van der Waals surface area contributed by atoms with Crippen molar-refractivity contribution in [1.82, 2.24) is 5.32 Å². The van der Waals surface area contributed by atoms with Gasteiger partial charge in [-0.05, 0) is 38.8 Å². The van der Waals surface area contributed by atoms with E-state index in [-0.39, 0.29) is 5.91 Å². The number of thioether (sulfide) groups is 1. The summed E-state index contributed by atoms with van der Waals surface area (Å²) in [5.74, 6) is -0.623. The molecule has 4 nitrogen and oxygen atoms in total. The van der Waals surface area contributed by atoms with Gasteiger partial charge in [0.05, 0.1) is 5.56 Å². The molecule has 1 aromatic rings. The third-order valence-electron chi connectivity index (χ3n) is 3.12. The van der Waals surface area contributed by atoms with Crippen molar-refractivity contribution < 1.29 is 14.7 Å². The smallest absolute Gasteiger partial charge is 0.326 e. The van der Waals surface area contributed by atoms with Crippen LogP contribution in [0.1, 0.15) is 37.0 Å². The van der Waals surface area contributed by atoms with E-state index < -0.39 is 12.0 Å². The van der Waals surface area contributed by atoms with Crippen molar-refractivity contribution in [3.63, 3.8) is 0 Å². The molecule has 2 N–H and O–H groups in total. The molecule has 5 heteroatoms. The molecule has 1 unspecified atom stereocenters. The highest BCUT2D eigenvalue weighted by Gasteiger charge is 2.21. The maximum Gasteiger partial charge on any atom is 0.326 e. The fraction of sp³-hybridized carbons (Fsp3) is 0.333. The van der Waals surface area contributed by atoms with E-state index in [1.165, 1.54) is 5.57 Å². The molecule has 0 aliphatic heterocycles. The van der Waals surface area contributed by atoms with E-state index in [0.29, 0.717) is 18.4 Å². The zero-order chi connectivity index (χ0) is 17.2. The molecular formula is C18H23NO3S. The number of carboxylic acid groups (broad SMARTS) is 1. The van der Waals surface area contributed by atoms with Crippen LogP contribution in [0.4, 0.5) is 0 Å². The van der Waals surface area contributed by atoms with E-state index in [0.717, 1.165) is 10.6 Å². The second-order valence-electron chi connectivity index (χ2n) is 5.32. The molecule has 0 heterocycles. The van der Waals surface area contributed by atoms with E-state index in [9.17, 15) is 14.7 Å². The number of rotatable bonds is 9. The molecule has 0 saturated heterocycles. The molecule has 0 spiro atoms. The number of carbonyl (C=O) groups is 2. The van der Waals surface area contributed by atoms with Crippen LogP contribution in [0.5, 0.6) is 0 Å². The molecule has 0 fully saturated rings. The molecule has 0 aromatic heterocycles. The number of amides is 1. The molecule has 1 atom stereocenters. The van der Waals surface area contributed by atoms with E-state index >= 15 is 0 Å². The van der Waals surface area contributed by atoms with Crippen molar-refractivity contribution in [2.45, 2.75) is 37.6 Å². The number of benzene rings is 1. The Morgan fingerprint density at radius 2 is 2.04 bits per heavy atom. The Bertz CT molecular complexity index is 592. The van der Waals surface area contributed by atoms with Crippen molar-refractivity contribution in [1.29, 1.82) is 0 Å². The maximum atomic E-state index is 12.4. The van der Waals surface area contributed by atoms with Gasteiger partial charge in [0.2, 0.25) is 0 Å². The van der Waals surface area contributed by atoms with Crippen LogP contribution >= 0.6 is 11.8 Å². The first-order valence-corrected chi connectivity index (χ1v) is 8.44. The van der Waals surface area contributed by atoms with Gasteiger partial charge in [-0.1, -0.05) is 29.9 Å². The predicted octanol–water partition coefficient (Wildman–Crippen LogP) is 3.89. The first-order valence-electron chi connectivity index (χ1n) is 7.45. The average Bonchev–Trinajstić information content (AvgIpc) is 2.51. The van der Waals surface area contributed by atoms with Gasteiger partial charge in [-0.3, -0.25) is 4.79 Å². The highest BCUT2D eigenvalue weighted by atomic mass is 32.2. The molecule has 0 bridgehead atoms. The van der Waals surface area contributed by atoms with Crippen LogP contribution in [0.3, 0.4) is 0 Å². The fourth-order valence-corrected chi connectivity index (χ4v) is 2.94. The summed E-state index contributed by atoms with van der Waals surface area (Å²) in [7, 11) is 0. The molecule has 1 rings (SSSR count). The van der Waals surface area contributed by atoms with Gasteiger partial charge >= 0.3 is 5.97 Å². The van der Waals surface area contributed by atoms with Crippen LogP contribution in [0.2, 0.25) is 0 Å². The minimum absolute atomic E-state index is 0.331. The predicted molar refractivity (Wildman–Crippen MR) is 94.9 cm³/mol. The Balaban J connectivity index is 2.83. The van der Waals surface area contributed by atoms with Crippen LogP contribution in [0.15, 0.2) is 53.5 Å². The number of nitrogens with one attached hydrogen (secondary N) is 1. The Kier molecular flexibility index (Phi) is 8.19. The first kappa shape index (κ1) is 19.0. The summed E-state index contributed by atoms with van der Waals surface area (Å²) in [5, 5.41) is 11.8. The number of allylic oxidation sites excluding steroid dienone is 2. The zero-order valence-electron chi connectivity index (χ0n) is 13.5. The summed E-state index contributed by atoms with van der Waals surface area (Å²) >= 11 is 1.56. The maximum absolute atomic E-state index is 12.4. The topological polar surface area (TPSA) is 66.4 Å². The summed E-state index contributed by atoms with van der Waals surface area (Å²) in [4.78, 5) is 24.5. The summed E-state index contributed by atoms with van der Waals surface area (Å²) in [6.45, 7) is 7.62. The minimum atomic E-state index is -1.03. The van der Waals surface area contributed by atoms with Gasteiger partial charge in [0, 0.05) is 10.6 Å². The number of carbonyl (C=O) groups excluding carboxylic acids is 1.